The molecular weight excluding hydrogens is 302 g/mol. The Morgan fingerprint density at radius 3 is 2.59 bits per heavy atom. The molecule has 0 spiro atoms. The van der Waals surface area contributed by atoms with Gasteiger partial charge in [0.2, 0.25) is 5.88 Å². The van der Waals surface area contributed by atoms with Crippen molar-refractivity contribution in [3.05, 3.63) is 55.0 Å². The highest BCUT2D eigenvalue weighted by Crippen LogP contribution is 2.30. The molecule has 2 aromatic heterocycles. The second-order valence-electron chi connectivity index (χ2n) is 4.48. The number of rotatable bonds is 4. The fraction of sp³-hybridized carbons (Fsp3) is 0.0667. The molecule has 0 aliphatic carbocycles. The molecule has 0 amide bonds. The van der Waals surface area contributed by atoms with E-state index >= 15 is 0 Å². The van der Waals surface area contributed by atoms with Crippen LogP contribution >= 0.6 is 0 Å². The second kappa shape index (κ2) is 5.27. The molecule has 2 heterocycles. The molecule has 0 aliphatic heterocycles. The van der Waals surface area contributed by atoms with Crippen molar-refractivity contribution >= 4 is 27.1 Å². The van der Waals surface area contributed by atoms with Crippen molar-refractivity contribution in [3.8, 4) is 5.88 Å². The Kier molecular flexibility index (Phi) is 3.42. The van der Waals surface area contributed by atoms with Crippen molar-refractivity contribution in [2.45, 2.75) is 4.90 Å². The lowest BCUT2D eigenvalue weighted by Gasteiger charge is -2.07. The van der Waals surface area contributed by atoms with Gasteiger partial charge in [0.1, 0.15) is 6.33 Å². The first-order valence-corrected chi connectivity index (χ1v) is 7.86. The van der Waals surface area contributed by atoms with Gasteiger partial charge in [-0.1, -0.05) is 30.9 Å². The van der Waals surface area contributed by atoms with Gasteiger partial charge in [0, 0.05) is 11.8 Å². The lowest BCUT2D eigenvalue weighted by Crippen LogP contribution is -2.12. The second-order valence-corrected chi connectivity index (χ2v) is 6.30. The van der Waals surface area contributed by atoms with Gasteiger partial charge in [0.15, 0.2) is 5.65 Å². The molecule has 1 aromatic carbocycles. The molecule has 3 aromatic rings. The summed E-state index contributed by atoms with van der Waals surface area (Å²) < 4.78 is 31.9. The van der Waals surface area contributed by atoms with Crippen LogP contribution in [-0.4, -0.2) is 29.5 Å². The third-order valence-corrected chi connectivity index (χ3v) is 4.92. The quantitative estimate of drug-likeness (QED) is 0.738. The Bertz CT molecular complexity index is 947. The molecule has 6 nitrogen and oxygen atoms in total. The maximum atomic E-state index is 12.8. The van der Waals surface area contributed by atoms with E-state index in [1.807, 2.05) is 0 Å². The molecule has 22 heavy (non-hydrogen) atoms. The van der Waals surface area contributed by atoms with Gasteiger partial charge in [0.25, 0.3) is 10.0 Å². The smallest absolute Gasteiger partial charge is 0.269 e. The van der Waals surface area contributed by atoms with Gasteiger partial charge in [-0.2, -0.15) is 0 Å². The minimum atomic E-state index is -3.76. The first-order valence-electron chi connectivity index (χ1n) is 6.42. The Balaban J connectivity index is 2.36. The van der Waals surface area contributed by atoms with Crippen LogP contribution in [0.4, 0.5) is 0 Å². The summed E-state index contributed by atoms with van der Waals surface area (Å²) in [5, 5.41) is 0.513. The third kappa shape index (κ3) is 2.06. The zero-order valence-electron chi connectivity index (χ0n) is 11.8. The highest BCUT2D eigenvalue weighted by Gasteiger charge is 2.23. The number of nitrogens with zero attached hydrogens (tertiary/aromatic N) is 3. The predicted octanol–water partition coefficient (Wildman–Crippen LogP) is 2.32. The minimum absolute atomic E-state index is 0.181. The molecular formula is C15H13N3O3S. The van der Waals surface area contributed by atoms with Gasteiger partial charge in [0.05, 0.1) is 17.4 Å². The van der Waals surface area contributed by atoms with E-state index in [2.05, 4.69) is 16.5 Å². The maximum absolute atomic E-state index is 12.8. The van der Waals surface area contributed by atoms with Crippen molar-refractivity contribution in [2.75, 3.05) is 7.11 Å². The number of ether oxygens (including phenoxy) is 1. The molecule has 3 rings (SSSR count). The van der Waals surface area contributed by atoms with Crippen LogP contribution in [-0.2, 0) is 10.0 Å². The van der Waals surface area contributed by atoms with Crippen molar-refractivity contribution < 1.29 is 13.2 Å². The Morgan fingerprint density at radius 2 is 1.95 bits per heavy atom. The van der Waals surface area contributed by atoms with Crippen LogP contribution in [0.3, 0.4) is 0 Å². The first-order chi connectivity index (χ1) is 10.6. The fourth-order valence-corrected chi connectivity index (χ4v) is 3.58. The Hall–Kier alpha value is -2.67. The molecule has 0 unspecified atom stereocenters. The first kappa shape index (κ1) is 14.3. The van der Waals surface area contributed by atoms with Crippen molar-refractivity contribution in [1.29, 1.82) is 0 Å². The summed E-state index contributed by atoms with van der Waals surface area (Å²) in [6.07, 6.45) is 4.29. The molecule has 0 aliphatic rings. The van der Waals surface area contributed by atoms with E-state index in [9.17, 15) is 8.42 Å². The molecule has 7 heteroatoms. The van der Waals surface area contributed by atoms with E-state index in [0.717, 1.165) is 3.97 Å². The number of aromatic nitrogens is 3. The summed E-state index contributed by atoms with van der Waals surface area (Å²) >= 11 is 0. The highest BCUT2D eigenvalue weighted by atomic mass is 32.2. The van der Waals surface area contributed by atoms with Gasteiger partial charge >= 0.3 is 0 Å². The number of hydrogen-bond donors (Lipinski definition) is 0. The highest BCUT2D eigenvalue weighted by molar-refractivity contribution is 7.90. The summed E-state index contributed by atoms with van der Waals surface area (Å²) in [5.74, 6) is 0.307. The summed E-state index contributed by atoms with van der Waals surface area (Å²) in [7, 11) is -2.29. The van der Waals surface area contributed by atoms with Crippen molar-refractivity contribution in [3.63, 3.8) is 0 Å². The largest absolute Gasteiger partial charge is 0.480 e. The van der Waals surface area contributed by atoms with E-state index in [-0.39, 0.29) is 10.5 Å². The normalized spacial score (nSPS) is 11.5. The monoisotopic (exact) mass is 315 g/mol. The number of fused-ring (bicyclic) bond motifs is 1. The lowest BCUT2D eigenvalue weighted by molar-refractivity contribution is 0.402. The Morgan fingerprint density at radius 1 is 1.23 bits per heavy atom. The fourth-order valence-electron chi connectivity index (χ4n) is 2.23. The topological polar surface area (TPSA) is 74.1 Å². The van der Waals surface area contributed by atoms with E-state index in [4.69, 9.17) is 4.74 Å². The Labute approximate surface area is 127 Å². The number of methoxy groups -OCH3 is 1. The molecule has 0 saturated carbocycles. The average Bonchev–Trinajstić information content (AvgIpc) is 2.95. The molecule has 0 radical (unpaired) electrons. The van der Waals surface area contributed by atoms with Gasteiger partial charge in [-0.05, 0) is 12.1 Å². The summed E-state index contributed by atoms with van der Waals surface area (Å²) in [6, 6.07) is 8.17. The molecule has 0 bridgehead atoms. The van der Waals surface area contributed by atoms with E-state index in [1.165, 1.54) is 31.8 Å². The van der Waals surface area contributed by atoms with Crippen molar-refractivity contribution in [2.24, 2.45) is 0 Å². The van der Waals surface area contributed by atoms with Gasteiger partial charge in [-0.15, -0.1) is 0 Å². The van der Waals surface area contributed by atoms with Crippen molar-refractivity contribution in [1.82, 2.24) is 13.9 Å². The van der Waals surface area contributed by atoms with Crippen LogP contribution in [0.15, 0.2) is 54.3 Å². The van der Waals surface area contributed by atoms with E-state index in [1.54, 1.807) is 24.3 Å². The van der Waals surface area contributed by atoms with Crippen LogP contribution in [0.25, 0.3) is 17.1 Å². The SMILES string of the molecule is C=Cc1cn(S(=O)(=O)c2ccccc2)c2ncnc(OC)c12. The van der Waals surface area contributed by atoms with Crippen LogP contribution in [0.5, 0.6) is 5.88 Å². The molecule has 0 N–H and O–H groups in total. The minimum Gasteiger partial charge on any atom is -0.480 e. The third-order valence-electron chi connectivity index (χ3n) is 3.26. The average molecular weight is 315 g/mol. The molecule has 0 atom stereocenters. The predicted molar refractivity (Wildman–Crippen MR) is 83.2 cm³/mol. The van der Waals surface area contributed by atoms with E-state index in [0.29, 0.717) is 16.8 Å². The number of hydrogen-bond acceptors (Lipinski definition) is 5. The maximum Gasteiger partial charge on any atom is 0.269 e. The summed E-state index contributed by atoms with van der Waals surface area (Å²) in [6.45, 7) is 3.71. The van der Waals surface area contributed by atoms with Gasteiger partial charge < -0.3 is 4.74 Å². The van der Waals surface area contributed by atoms with Crippen LogP contribution in [0.2, 0.25) is 0 Å². The summed E-state index contributed by atoms with van der Waals surface area (Å²) in [5.41, 5.74) is 0.845. The lowest BCUT2D eigenvalue weighted by atomic mass is 10.2. The van der Waals surface area contributed by atoms with Crippen LogP contribution in [0, 0.1) is 0 Å². The van der Waals surface area contributed by atoms with Crippen LogP contribution < -0.4 is 4.74 Å². The zero-order chi connectivity index (χ0) is 15.7. The zero-order valence-corrected chi connectivity index (χ0v) is 12.6. The molecule has 0 saturated heterocycles. The van der Waals surface area contributed by atoms with Crippen LogP contribution in [0.1, 0.15) is 5.56 Å². The molecule has 0 fully saturated rings. The number of benzene rings is 1. The van der Waals surface area contributed by atoms with Gasteiger partial charge in [-0.25, -0.2) is 22.4 Å². The summed E-state index contributed by atoms with van der Waals surface area (Å²) in [4.78, 5) is 8.29. The van der Waals surface area contributed by atoms with Gasteiger partial charge in [-0.3, -0.25) is 0 Å². The standard InChI is InChI=1S/C15H13N3O3S/c1-3-11-9-18(14-13(11)15(21-2)17-10-16-14)22(19,20)12-7-5-4-6-8-12/h3-10H,1H2,2H3. The van der Waals surface area contributed by atoms with E-state index < -0.39 is 10.0 Å². The molecule has 112 valence electrons.